The van der Waals surface area contributed by atoms with E-state index in [2.05, 4.69) is 51.0 Å². The van der Waals surface area contributed by atoms with Crippen molar-refractivity contribution in [1.29, 1.82) is 0 Å². The van der Waals surface area contributed by atoms with Gasteiger partial charge in [0.05, 0.1) is 0 Å². The van der Waals surface area contributed by atoms with Gasteiger partial charge in [-0.1, -0.05) is 13.0 Å². The first kappa shape index (κ1) is 20.9. The van der Waals surface area contributed by atoms with Crippen LogP contribution in [0.3, 0.4) is 0 Å². The van der Waals surface area contributed by atoms with Gasteiger partial charge in [0.2, 0.25) is 0 Å². The Morgan fingerprint density at radius 2 is 1.87 bits per heavy atom. The number of hydrogen-bond donors (Lipinski definition) is 1. The highest BCUT2D eigenvalue weighted by Gasteiger charge is 2.22. The van der Waals surface area contributed by atoms with Crippen LogP contribution in [-0.4, -0.2) is 61.2 Å². The Hall–Kier alpha value is -2.34. The molecule has 1 unspecified atom stereocenters. The van der Waals surface area contributed by atoms with E-state index in [0.29, 0.717) is 12.1 Å². The molecular weight excluding hydrogens is 377 g/mol. The average Bonchev–Trinajstić information content (AvgIpc) is 2.79. The summed E-state index contributed by atoms with van der Waals surface area (Å²) >= 11 is 0. The van der Waals surface area contributed by atoms with Gasteiger partial charge in [0.15, 0.2) is 0 Å². The van der Waals surface area contributed by atoms with Crippen LogP contribution in [0.1, 0.15) is 33.1 Å². The molecule has 0 aliphatic carbocycles. The van der Waals surface area contributed by atoms with Gasteiger partial charge in [-0.2, -0.15) is 0 Å². The normalized spacial score (nSPS) is 21.5. The Morgan fingerprint density at radius 1 is 1.07 bits per heavy atom. The number of anilines is 3. The Kier molecular flexibility index (Phi) is 6.72. The first-order valence-corrected chi connectivity index (χ1v) is 11.3. The van der Waals surface area contributed by atoms with E-state index in [1.807, 2.05) is 12.3 Å². The van der Waals surface area contributed by atoms with E-state index in [-0.39, 0.29) is 5.82 Å². The lowest BCUT2D eigenvalue weighted by molar-refractivity contribution is 0.193. The maximum atomic E-state index is 13.6. The summed E-state index contributed by atoms with van der Waals surface area (Å²) < 4.78 is 13.6. The first-order chi connectivity index (χ1) is 14.6. The van der Waals surface area contributed by atoms with Gasteiger partial charge in [-0.25, -0.2) is 9.37 Å². The summed E-state index contributed by atoms with van der Waals surface area (Å²) in [7, 11) is 0. The van der Waals surface area contributed by atoms with Crippen LogP contribution in [0.25, 0.3) is 0 Å². The predicted molar refractivity (Wildman–Crippen MR) is 123 cm³/mol. The number of rotatable bonds is 6. The van der Waals surface area contributed by atoms with Crippen LogP contribution in [-0.2, 0) is 0 Å². The number of aromatic nitrogens is 1. The molecule has 162 valence electrons. The highest BCUT2D eigenvalue weighted by Crippen LogP contribution is 2.24. The molecule has 0 amide bonds. The second-order valence-electron chi connectivity index (χ2n) is 8.59. The molecule has 1 aromatic carbocycles. The molecule has 1 N–H and O–H groups in total. The van der Waals surface area contributed by atoms with E-state index in [1.165, 1.54) is 18.2 Å². The topological polar surface area (TPSA) is 34.6 Å². The minimum atomic E-state index is -0.176. The van der Waals surface area contributed by atoms with E-state index in [9.17, 15) is 4.39 Å². The van der Waals surface area contributed by atoms with Crippen molar-refractivity contribution in [2.45, 2.75) is 45.2 Å². The van der Waals surface area contributed by atoms with Gasteiger partial charge < -0.3 is 15.1 Å². The van der Waals surface area contributed by atoms with Gasteiger partial charge in [-0.3, -0.25) is 4.90 Å². The van der Waals surface area contributed by atoms with E-state index in [0.717, 1.165) is 63.6 Å². The lowest BCUT2D eigenvalue weighted by Crippen LogP contribution is -2.49. The van der Waals surface area contributed by atoms with Crippen molar-refractivity contribution < 1.29 is 4.39 Å². The van der Waals surface area contributed by atoms with Crippen molar-refractivity contribution in [1.82, 2.24) is 9.88 Å². The van der Waals surface area contributed by atoms with Gasteiger partial charge >= 0.3 is 0 Å². The average molecular weight is 412 g/mol. The summed E-state index contributed by atoms with van der Waals surface area (Å²) in [6.45, 7) is 10.8. The third-order valence-electron chi connectivity index (χ3n) is 6.58. The summed E-state index contributed by atoms with van der Waals surface area (Å²) in [4.78, 5) is 11.9. The molecule has 0 saturated carbocycles. The second-order valence-corrected chi connectivity index (χ2v) is 8.59. The van der Waals surface area contributed by atoms with Crippen molar-refractivity contribution in [3.05, 3.63) is 48.4 Å². The molecule has 3 heterocycles. The summed E-state index contributed by atoms with van der Waals surface area (Å²) in [5, 5.41) is 3.63. The lowest BCUT2D eigenvalue weighted by Gasteiger charge is -2.39. The molecule has 0 bridgehead atoms. The van der Waals surface area contributed by atoms with Crippen molar-refractivity contribution in [2.24, 2.45) is 0 Å². The van der Waals surface area contributed by atoms with Crippen LogP contribution in [0.5, 0.6) is 0 Å². The molecule has 2 saturated heterocycles. The minimum absolute atomic E-state index is 0.176. The number of piperazine rings is 1. The van der Waals surface area contributed by atoms with E-state index in [4.69, 9.17) is 0 Å². The monoisotopic (exact) mass is 411 g/mol. The number of pyridine rings is 1. The Labute approximate surface area is 179 Å². The quantitative estimate of drug-likeness (QED) is 0.770. The molecular formula is C24H34FN5. The number of nitrogens with one attached hydrogen (secondary N) is 1. The predicted octanol–water partition coefficient (Wildman–Crippen LogP) is 4.22. The molecule has 6 heteroatoms. The number of nitrogens with zero attached hydrogens (tertiary/aromatic N) is 4. The summed E-state index contributed by atoms with van der Waals surface area (Å²) in [6, 6.07) is 12.2. The van der Waals surface area contributed by atoms with Crippen molar-refractivity contribution in [2.75, 3.05) is 54.4 Å². The summed E-state index contributed by atoms with van der Waals surface area (Å²) in [5.74, 6) is 0.758. The third kappa shape index (κ3) is 5.04. The first-order valence-electron chi connectivity index (χ1n) is 11.3. The third-order valence-corrected chi connectivity index (χ3v) is 6.58. The number of hydrogen-bond acceptors (Lipinski definition) is 5. The van der Waals surface area contributed by atoms with E-state index < -0.39 is 0 Å². The lowest BCUT2D eigenvalue weighted by atomic mass is 10.0. The zero-order valence-corrected chi connectivity index (χ0v) is 18.2. The minimum Gasteiger partial charge on any atom is -0.369 e. The molecule has 2 aliphatic heterocycles. The van der Waals surface area contributed by atoms with Crippen LogP contribution in [0.15, 0.2) is 42.6 Å². The zero-order chi connectivity index (χ0) is 20.9. The second kappa shape index (κ2) is 9.65. The van der Waals surface area contributed by atoms with Crippen LogP contribution < -0.4 is 15.1 Å². The van der Waals surface area contributed by atoms with E-state index in [1.54, 1.807) is 12.1 Å². The molecule has 5 nitrogen and oxygen atoms in total. The van der Waals surface area contributed by atoms with Crippen LogP contribution in [0.2, 0.25) is 0 Å². The molecule has 0 spiro atoms. The number of benzene rings is 1. The molecule has 2 atom stereocenters. The van der Waals surface area contributed by atoms with Gasteiger partial charge in [0, 0.05) is 75.0 Å². The van der Waals surface area contributed by atoms with Gasteiger partial charge in [0.1, 0.15) is 11.6 Å². The number of halogens is 1. The maximum Gasteiger partial charge on any atom is 0.128 e. The largest absolute Gasteiger partial charge is 0.369 e. The van der Waals surface area contributed by atoms with Crippen LogP contribution in [0.4, 0.5) is 21.6 Å². The van der Waals surface area contributed by atoms with E-state index >= 15 is 0 Å². The van der Waals surface area contributed by atoms with Crippen LogP contribution >= 0.6 is 0 Å². The maximum absolute atomic E-state index is 13.6. The Bertz CT molecular complexity index is 821. The molecule has 4 rings (SSSR count). The number of piperidine rings is 1. The van der Waals surface area contributed by atoms with Crippen LogP contribution in [0, 0.1) is 5.82 Å². The Morgan fingerprint density at radius 3 is 2.63 bits per heavy atom. The van der Waals surface area contributed by atoms with Crippen molar-refractivity contribution in [3.8, 4) is 0 Å². The smallest absolute Gasteiger partial charge is 0.128 e. The van der Waals surface area contributed by atoms with Gasteiger partial charge in [0.25, 0.3) is 0 Å². The molecule has 2 aliphatic rings. The van der Waals surface area contributed by atoms with Gasteiger partial charge in [-0.05, 0) is 50.5 Å². The highest BCUT2D eigenvalue weighted by atomic mass is 19.1. The fourth-order valence-corrected chi connectivity index (χ4v) is 4.59. The summed E-state index contributed by atoms with van der Waals surface area (Å²) in [5.41, 5.74) is 2.21. The Balaban J connectivity index is 1.36. The highest BCUT2D eigenvalue weighted by molar-refractivity contribution is 5.55. The summed E-state index contributed by atoms with van der Waals surface area (Å²) in [6.07, 6.45) is 5.31. The van der Waals surface area contributed by atoms with Crippen molar-refractivity contribution >= 4 is 17.2 Å². The fraction of sp³-hybridized carbons (Fsp3) is 0.542. The van der Waals surface area contributed by atoms with Crippen molar-refractivity contribution in [3.63, 3.8) is 0 Å². The molecule has 30 heavy (non-hydrogen) atoms. The fourth-order valence-electron chi connectivity index (χ4n) is 4.59. The standard InChI is InChI=1S/C24H34FN5/c1-3-19(2)28-12-14-29(15-13-28)23-9-10-26-24(17-23)27-21-7-5-11-30(18-21)22-8-4-6-20(25)16-22/h4,6,8-10,16-17,19,21H,3,5,7,11-15,18H2,1-2H3,(H,26,27)/t19?,21-/m1/s1. The zero-order valence-electron chi connectivity index (χ0n) is 18.2. The molecule has 2 fully saturated rings. The molecule has 2 aromatic rings. The molecule has 0 radical (unpaired) electrons. The van der Waals surface area contributed by atoms with Gasteiger partial charge in [-0.15, -0.1) is 0 Å². The SMILES string of the molecule is CCC(C)N1CCN(c2ccnc(N[C@@H]3CCCN(c4cccc(F)c4)C3)c2)CC1. The molecule has 1 aromatic heterocycles.